The highest BCUT2D eigenvalue weighted by atomic mass is 16.2. The lowest BCUT2D eigenvalue weighted by atomic mass is 9.87. The van der Waals surface area contributed by atoms with Crippen LogP contribution in [-0.2, 0) is 22.4 Å². The van der Waals surface area contributed by atoms with E-state index < -0.39 is 17.9 Å². The van der Waals surface area contributed by atoms with Gasteiger partial charge in [-0.1, -0.05) is 62.4 Å². The molecule has 2 aromatic carbocycles. The van der Waals surface area contributed by atoms with Crippen LogP contribution in [0.2, 0.25) is 0 Å². The van der Waals surface area contributed by atoms with Crippen molar-refractivity contribution in [1.29, 1.82) is 0 Å². The van der Waals surface area contributed by atoms with Gasteiger partial charge in [-0.25, -0.2) is 0 Å². The Morgan fingerprint density at radius 3 is 2.00 bits per heavy atom. The molecule has 0 unspecified atom stereocenters. The molecule has 2 aromatic rings. The largest absolute Gasteiger partial charge is 0.320 e. The van der Waals surface area contributed by atoms with Crippen molar-refractivity contribution >= 4 is 11.8 Å². The van der Waals surface area contributed by atoms with Gasteiger partial charge in [0.05, 0.1) is 12.0 Å². The van der Waals surface area contributed by atoms with Crippen LogP contribution in [0.1, 0.15) is 48.4 Å². The van der Waals surface area contributed by atoms with Crippen molar-refractivity contribution in [2.75, 3.05) is 0 Å². The molecule has 1 aliphatic rings. The van der Waals surface area contributed by atoms with E-state index in [4.69, 9.17) is 5.73 Å². The third kappa shape index (κ3) is 3.86. The molecule has 136 valence electrons. The summed E-state index contributed by atoms with van der Waals surface area (Å²) >= 11 is 0. The van der Waals surface area contributed by atoms with Gasteiger partial charge in [-0.15, -0.1) is 0 Å². The van der Waals surface area contributed by atoms with Crippen molar-refractivity contribution in [3.8, 4) is 0 Å². The predicted octanol–water partition coefficient (Wildman–Crippen LogP) is 2.93. The van der Waals surface area contributed by atoms with Gasteiger partial charge in [-0.3, -0.25) is 14.9 Å². The third-order valence-corrected chi connectivity index (χ3v) is 4.97. The fourth-order valence-electron chi connectivity index (χ4n) is 3.71. The van der Waals surface area contributed by atoms with E-state index >= 15 is 0 Å². The minimum atomic E-state index is -0.671. The van der Waals surface area contributed by atoms with Crippen LogP contribution in [-0.4, -0.2) is 17.9 Å². The fourth-order valence-corrected chi connectivity index (χ4v) is 3.71. The van der Waals surface area contributed by atoms with Gasteiger partial charge in [-0.05, 0) is 47.4 Å². The summed E-state index contributed by atoms with van der Waals surface area (Å²) in [5.41, 5.74) is 10.2. The summed E-state index contributed by atoms with van der Waals surface area (Å²) in [5, 5.41) is 2.56. The van der Waals surface area contributed by atoms with Crippen LogP contribution < -0.4 is 11.1 Å². The van der Waals surface area contributed by atoms with E-state index in [1.807, 2.05) is 50.2 Å². The van der Waals surface area contributed by atoms with Gasteiger partial charge in [0.1, 0.15) is 0 Å². The van der Waals surface area contributed by atoms with Crippen molar-refractivity contribution < 1.29 is 9.59 Å². The van der Waals surface area contributed by atoms with Crippen molar-refractivity contribution in [3.05, 3.63) is 70.8 Å². The summed E-state index contributed by atoms with van der Waals surface area (Å²) in [6.07, 6.45) is 2.33. The SMILES string of the molecule is CC(C)C[C@H](N)C(=O)NC(=O)C1c2ccccc2CCc2ccccc21. The van der Waals surface area contributed by atoms with Crippen LogP contribution in [0.4, 0.5) is 0 Å². The number of nitrogens with two attached hydrogens (primary N) is 1. The van der Waals surface area contributed by atoms with Crippen molar-refractivity contribution in [3.63, 3.8) is 0 Å². The molecule has 0 saturated heterocycles. The number of imide groups is 1. The monoisotopic (exact) mass is 350 g/mol. The maximum absolute atomic E-state index is 13.1. The molecule has 0 bridgehead atoms. The molecule has 26 heavy (non-hydrogen) atoms. The number of amides is 2. The van der Waals surface area contributed by atoms with Gasteiger partial charge in [0.2, 0.25) is 11.8 Å². The highest BCUT2D eigenvalue weighted by molar-refractivity contribution is 6.02. The summed E-state index contributed by atoms with van der Waals surface area (Å²) < 4.78 is 0. The van der Waals surface area contributed by atoms with Crippen molar-refractivity contribution in [2.24, 2.45) is 11.7 Å². The molecule has 3 rings (SSSR count). The average Bonchev–Trinajstić information content (AvgIpc) is 2.77. The molecule has 2 amide bonds. The van der Waals surface area contributed by atoms with Crippen molar-refractivity contribution in [1.82, 2.24) is 5.32 Å². The summed E-state index contributed by atoms with van der Waals surface area (Å²) in [6.45, 7) is 4.01. The molecular weight excluding hydrogens is 324 g/mol. The number of fused-ring (bicyclic) bond motifs is 2. The minimum absolute atomic E-state index is 0.295. The standard InChI is InChI=1S/C22H26N2O2/c1-14(2)13-19(23)21(25)24-22(26)20-17-9-5-3-7-15(17)11-12-16-8-4-6-10-18(16)20/h3-10,14,19-20H,11-13,23H2,1-2H3,(H,24,25,26)/t19-/m0/s1. The van der Waals surface area contributed by atoms with E-state index in [0.717, 1.165) is 35.1 Å². The molecule has 1 atom stereocenters. The molecule has 0 spiro atoms. The number of hydrogen-bond donors (Lipinski definition) is 2. The molecule has 0 fully saturated rings. The quantitative estimate of drug-likeness (QED) is 0.890. The summed E-state index contributed by atoms with van der Waals surface area (Å²) in [6, 6.07) is 15.3. The molecule has 0 saturated carbocycles. The Kier molecular flexibility index (Phi) is 5.52. The Bertz CT molecular complexity index is 766. The second-order valence-corrected chi connectivity index (χ2v) is 7.42. The predicted molar refractivity (Wildman–Crippen MR) is 103 cm³/mol. The lowest BCUT2D eigenvalue weighted by Gasteiger charge is -2.21. The first-order chi connectivity index (χ1) is 12.5. The third-order valence-electron chi connectivity index (χ3n) is 4.97. The zero-order valence-electron chi connectivity index (χ0n) is 15.4. The second kappa shape index (κ2) is 7.83. The zero-order valence-corrected chi connectivity index (χ0v) is 15.4. The van der Waals surface area contributed by atoms with Gasteiger partial charge < -0.3 is 5.73 Å². The summed E-state index contributed by atoms with van der Waals surface area (Å²) in [7, 11) is 0. The first-order valence-corrected chi connectivity index (χ1v) is 9.23. The minimum Gasteiger partial charge on any atom is -0.320 e. The van der Waals surface area contributed by atoms with Crippen LogP contribution in [0.3, 0.4) is 0 Å². The molecule has 0 radical (unpaired) electrons. The Labute approximate surface area is 154 Å². The Morgan fingerprint density at radius 2 is 1.50 bits per heavy atom. The van der Waals surface area contributed by atoms with Gasteiger partial charge in [0.25, 0.3) is 0 Å². The normalized spacial score (nSPS) is 14.9. The number of carbonyl (C=O) groups is 2. The number of hydrogen-bond acceptors (Lipinski definition) is 3. The fraction of sp³-hybridized carbons (Fsp3) is 0.364. The number of benzene rings is 2. The lowest BCUT2D eigenvalue weighted by Crippen LogP contribution is -2.45. The first-order valence-electron chi connectivity index (χ1n) is 9.23. The van der Waals surface area contributed by atoms with E-state index in [1.165, 1.54) is 0 Å². The van der Waals surface area contributed by atoms with Gasteiger partial charge in [0, 0.05) is 0 Å². The number of aryl methyl sites for hydroxylation is 2. The van der Waals surface area contributed by atoms with Crippen LogP contribution in [0.25, 0.3) is 0 Å². The van der Waals surface area contributed by atoms with Crippen LogP contribution in [0.15, 0.2) is 48.5 Å². The maximum atomic E-state index is 13.1. The molecule has 1 aliphatic carbocycles. The van der Waals surface area contributed by atoms with Gasteiger partial charge in [0.15, 0.2) is 0 Å². The number of nitrogens with one attached hydrogen (secondary N) is 1. The van der Waals surface area contributed by atoms with E-state index in [-0.39, 0.29) is 5.91 Å². The topological polar surface area (TPSA) is 72.2 Å². The molecule has 0 aromatic heterocycles. The Morgan fingerprint density at radius 1 is 1.00 bits per heavy atom. The molecule has 3 N–H and O–H groups in total. The molecule has 4 heteroatoms. The highest BCUT2D eigenvalue weighted by Gasteiger charge is 2.31. The van der Waals surface area contributed by atoms with Crippen molar-refractivity contribution in [2.45, 2.75) is 45.1 Å². The van der Waals surface area contributed by atoms with E-state index in [2.05, 4.69) is 17.4 Å². The molecule has 0 aliphatic heterocycles. The first kappa shape index (κ1) is 18.3. The van der Waals surface area contributed by atoms with E-state index in [9.17, 15) is 9.59 Å². The lowest BCUT2D eigenvalue weighted by molar-refractivity contribution is -0.131. The number of rotatable bonds is 4. The molecule has 4 nitrogen and oxygen atoms in total. The van der Waals surface area contributed by atoms with Gasteiger partial charge in [-0.2, -0.15) is 0 Å². The maximum Gasteiger partial charge on any atom is 0.243 e. The second-order valence-electron chi connectivity index (χ2n) is 7.42. The molecular formula is C22H26N2O2. The zero-order chi connectivity index (χ0) is 18.7. The van der Waals surface area contributed by atoms with Crippen LogP contribution in [0.5, 0.6) is 0 Å². The average molecular weight is 350 g/mol. The Hall–Kier alpha value is -2.46. The summed E-state index contributed by atoms with van der Waals surface area (Å²) in [5.74, 6) is -0.885. The number of carbonyl (C=O) groups excluding carboxylic acids is 2. The van der Waals surface area contributed by atoms with E-state index in [1.54, 1.807) is 0 Å². The van der Waals surface area contributed by atoms with Crippen LogP contribution >= 0.6 is 0 Å². The summed E-state index contributed by atoms with van der Waals surface area (Å²) in [4.78, 5) is 25.5. The highest BCUT2D eigenvalue weighted by Crippen LogP contribution is 2.34. The van der Waals surface area contributed by atoms with Gasteiger partial charge >= 0.3 is 0 Å². The smallest absolute Gasteiger partial charge is 0.243 e. The molecule has 0 heterocycles. The van der Waals surface area contributed by atoms with Crippen LogP contribution in [0, 0.1) is 5.92 Å². The van der Waals surface area contributed by atoms with E-state index in [0.29, 0.717) is 12.3 Å². The Balaban J connectivity index is 1.93.